The molecule has 0 radical (unpaired) electrons. The summed E-state index contributed by atoms with van der Waals surface area (Å²) in [4.78, 5) is 11.1. The van der Waals surface area contributed by atoms with Crippen LogP contribution in [0.15, 0.2) is 0 Å². The number of methoxy groups -OCH3 is 1. The Hall–Kier alpha value is -0.410. The number of ketones is 1. The monoisotopic (exact) mass is 157 g/mol. The van der Waals surface area contributed by atoms with Crippen LogP contribution >= 0.6 is 0 Å². The number of ether oxygens (including phenoxy) is 1. The Labute approximate surface area is 67.1 Å². The van der Waals surface area contributed by atoms with E-state index >= 15 is 0 Å². The van der Waals surface area contributed by atoms with Crippen molar-refractivity contribution >= 4 is 5.78 Å². The summed E-state index contributed by atoms with van der Waals surface area (Å²) in [6, 6.07) is 0. The van der Waals surface area contributed by atoms with Crippen molar-refractivity contribution in [3.63, 3.8) is 0 Å². The first kappa shape index (κ1) is 8.68. The van der Waals surface area contributed by atoms with Crippen LogP contribution in [-0.4, -0.2) is 32.6 Å². The molecule has 3 heteroatoms. The summed E-state index contributed by atoms with van der Waals surface area (Å²) in [5.74, 6) is 0.742. The molecule has 1 N–H and O–H groups in total. The van der Waals surface area contributed by atoms with Crippen LogP contribution in [-0.2, 0) is 9.53 Å². The molecule has 0 spiro atoms. The van der Waals surface area contributed by atoms with Gasteiger partial charge in [-0.15, -0.1) is 0 Å². The minimum atomic E-state index is 0.362. The van der Waals surface area contributed by atoms with E-state index in [0.717, 1.165) is 19.4 Å². The molecule has 3 nitrogen and oxygen atoms in total. The van der Waals surface area contributed by atoms with Crippen molar-refractivity contribution in [3.8, 4) is 0 Å². The highest BCUT2D eigenvalue weighted by Crippen LogP contribution is 2.29. The minimum Gasteiger partial charge on any atom is -0.383 e. The lowest BCUT2D eigenvalue weighted by Gasteiger charge is -2.01. The summed E-state index contributed by atoms with van der Waals surface area (Å²) < 4.78 is 4.83. The van der Waals surface area contributed by atoms with Gasteiger partial charge < -0.3 is 10.1 Å². The summed E-state index contributed by atoms with van der Waals surface area (Å²) in [7, 11) is 1.66. The fourth-order valence-corrected chi connectivity index (χ4v) is 0.935. The number of carbonyl (C=O) groups is 1. The summed E-state index contributed by atoms with van der Waals surface area (Å²) >= 11 is 0. The summed E-state index contributed by atoms with van der Waals surface area (Å²) in [5.41, 5.74) is 0. The van der Waals surface area contributed by atoms with Gasteiger partial charge in [0.1, 0.15) is 5.78 Å². The van der Waals surface area contributed by atoms with E-state index in [1.807, 2.05) is 0 Å². The molecular formula is C8H15NO2. The zero-order valence-electron chi connectivity index (χ0n) is 6.93. The van der Waals surface area contributed by atoms with E-state index in [2.05, 4.69) is 5.32 Å². The Morgan fingerprint density at radius 1 is 1.64 bits per heavy atom. The van der Waals surface area contributed by atoms with Crippen LogP contribution in [0.1, 0.15) is 12.8 Å². The Bertz CT molecular complexity index is 132. The molecule has 0 atom stereocenters. The average molecular weight is 157 g/mol. The first-order valence-corrected chi connectivity index (χ1v) is 4.07. The van der Waals surface area contributed by atoms with Crippen LogP contribution < -0.4 is 5.32 Å². The molecule has 1 rings (SSSR count). The largest absolute Gasteiger partial charge is 0.383 e. The number of carbonyl (C=O) groups excluding carboxylic acids is 1. The van der Waals surface area contributed by atoms with Gasteiger partial charge in [0.05, 0.1) is 13.2 Å². The third kappa shape index (κ3) is 3.49. The van der Waals surface area contributed by atoms with Gasteiger partial charge in [-0.25, -0.2) is 0 Å². The maximum atomic E-state index is 11.1. The molecule has 1 saturated carbocycles. The van der Waals surface area contributed by atoms with Gasteiger partial charge in [-0.1, -0.05) is 0 Å². The smallest absolute Gasteiger partial charge is 0.149 e. The molecule has 0 aromatic heterocycles. The van der Waals surface area contributed by atoms with Gasteiger partial charge >= 0.3 is 0 Å². The van der Waals surface area contributed by atoms with Gasteiger partial charge in [0.2, 0.25) is 0 Å². The van der Waals surface area contributed by atoms with Gasteiger partial charge in [0, 0.05) is 19.6 Å². The zero-order valence-corrected chi connectivity index (χ0v) is 6.93. The second kappa shape index (κ2) is 4.46. The third-order valence-electron chi connectivity index (χ3n) is 1.81. The molecule has 0 saturated heterocycles. The molecule has 0 unspecified atom stereocenters. The molecule has 0 aromatic rings. The first-order chi connectivity index (χ1) is 5.34. The minimum absolute atomic E-state index is 0.362. The Morgan fingerprint density at radius 3 is 2.91 bits per heavy atom. The highest BCUT2D eigenvalue weighted by atomic mass is 16.5. The van der Waals surface area contributed by atoms with Crippen molar-refractivity contribution in [2.24, 2.45) is 5.92 Å². The SMILES string of the molecule is COCCNCC(=O)C1CC1. The molecule has 1 aliphatic rings. The molecule has 11 heavy (non-hydrogen) atoms. The standard InChI is InChI=1S/C8H15NO2/c1-11-5-4-9-6-8(10)7-2-3-7/h7,9H,2-6H2,1H3. The molecular weight excluding hydrogens is 142 g/mol. The maximum absolute atomic E-state index is 11.1. The molecule has 0 aliphatic heterocycles. The van der Waals surface area contributed by atoms with Crippen molar-refractivity contribution < 1.29 is 9.53 Å². The Morgan fingerprint density at radius 2 is 2.36 bits per heavy atom. The Balaban J connectivity index is 1.89. The first-order valence-electron chi connectivity index (χ1n) is 4.07. The van der Waals surface area contributed by atoms with Crippen molar-refractivity contribution in [2.45, 2.75) is 12.8 Å². The van der Waals surface area contributed by atoms with Crippen LogP contribution in [0.2, 0.25) is 0 Å². The number of Topliss-reactive ketones (excluding diaryl/α,β-unsaturated/α-hetero) is 1. The summed E-state index contributed by atoms with van der Waals surface area (Å²) in [5, 5.41) is 3.03. The van der Waals surface area contributed by atoms with Crippen LogP contribution in [0.25, 0.3) is 0 Å². The average Bonchev–Trinajstić information content (AvgIpc) is 2.79. The van der Waals surface area contributed by atoms with E-state index in [-0.39, 0.29) is 0 Å². The predicted octanol–water partition coefficient (Wildman–Crippen LogP) is 0.201. The fraction of sp³-hybridized carbons (Fsp3) is 0.875. The highest BCUT2D eigenvalue weighted by molar-refractivity contribution is 5.84. The second-order valence-corrected chi connectivity index (χ2v) is 2.91. The molecule has 0 aromatic carbocycles. The van der Waals surface area contributed by atoms with Crippen molar-refractivity contribution in [1.82, 2.24) is 5.32 Å². The highest BCUT2D eigenvalue weighted by Gasteiger charge is 2.28. The van der Waals surface area contributed by atoms with Crippen LogP contribution in [0.4, 0.5) is 0 Å². The lowest BCUT2D eigenvalue weighted by molar-refractivity contribution is -0.119. The van der Waals surface area contributed by atoms with Gasteiger partial charge in [-0.05, 0) is 12.8 Å². The van der Waals surface area contributed by atoms with E-state index in [1.54, 1.807) is 7.11 Å². The lowest BCUT2D eigenvalue weighted by Crippen LogP contribution is -2.27. The zero-order chi connectivity index (χ0) is 8.10. The van der Waals surface area contributed by atoms with E-state index < -0.39 is 0 Å². The van der Waals surface area contributed by atoms with E-state index in [0.29, 0.717) is 24.9 Å². The summed E-state index contributed by atoms with van der Waals surface area (Å²) in [6.07, 6.45) is 2.20. The van der Waals surface area contributed by atoms with Crippen molar-refractivity contribution in [1.29, 1.82) is 0 Å². The molecule has 1 aliphatic carbocycles. The topological polar surface area (TPSA) is 38.3 Å². The number of hydrogen-bond acceptors (Lipinski definition) is 3. The van der Waals surface area contributed by atoms with Gasteiger partial charge in [-0.3, -0.25) is 4.79 Å². The van der Waals surface area contributed by atoms with Crippen LogP contribution in [0.5, 0.6) is 0 Å². The molecule has 1 fully saturated rings. The van der Waals surface area contributed by atoms with Gasteiger partial charge in [0.25, 0.3) is 0 Å². The van der Waals surface area contributed by atoms with Crippen molar-refractivity contribution in [3.05, 3.63) is 0 Å². The molecule has 0 bridgehead atoms. The van der Waals surface area contributed by atoms with Crippen LogP contribution in [0.3, 0.4) is 0 Å². The summed E-state index contributed by atoms with van der Waals surface area (Å²) in [6.45, 7) is 1.97. The van der Waals surface area contributed by atoms with E-state index in [1.165, 1.54) is 0 Å². The van der Waals surface area contributed by atoms with Gasteiger partial charge in [-0.2, -0.15) is 0 Å². The molecule has 0 heterocycles. The maximum Gasteiger partial charge on any atom is 0.149 e. The molecule has 64 valence electrons. The van der Waals surface area contributed by atoms with E-state index in [9.17, 15) is 4.79 Å². The lowest BCUT2D eigenvalue weighted by atomic mass is 10.3. The number of hydrogen-bond donors (Lipinski definition) is 1. The van der Waals surface area contributed by atoms with Crippen LogP contribution in [0, 0.1) is 5.92 Å². The second-order valence-electron chi connectivity index (χ2n) is 2.91. The molecule has 0 amide bonds. The Kier molecular flexibility index (Phi) is 3.52. The number of rotatable bonds is 6. The fourth-order valence-electron chi connectivity index (χ4n) is 0.935. The quantitative estimate of drug-likeness (QED) is 0.560. The normalized spacial score (nSPS) is 16.8. The van der Waals surface area contributed by atoms with E-state index in [4.69, 9.17) is 4.74 Å². The third-order valence-corrected chi connectivity index (χ3v) is 1.81. The van der Waals surface area contributed by atoms with Gasteiger partial charge in [0.15, 0.2) is 0 Å². The number of nitrogens with one attached hydrogen (secondary N) is 1. The van der Waals surface area contributed by atoms with Crippen molar-refractivity contribution in [2.75, 3.05) is 26.8 Å². The predicted molar refractivity (Wildman–Crippen MR) is 42.5 cm³/mol.